The number of nitrogen functional groups attached to an aromatic ring is 1. The standard InChI is InChI=1S/C12H21N5O2/c1-2-5-8-10(14)11(17-16-8)12(19)15-7-4-3-6-9(13)18/h2-7,14H2,1H3,(H2,13,18)(H,15,19)(H,16,17). The lowest BCUT2D eigenvalue weighted by molar-refractivity contribution is -0.118. The van der Waals surface area contributed by atoms with Gasteiger partial charge in [0.15, 0.2) is 5.69 Å². The zero-order chi connectivity index (χ0) is 14.3. The molecule has 0 aliphatic carbocycles. The van der Waals surface area contributed by atoms with E-state index in [1.54, 1.807) is 0 Å². The van der Waals surface area contributed by atoms with Gasteiger partial charge in [-0.25, -0.2) is 0 Å². The summed E-state index contributed by atoms with van der Waals surface area (Å²) in [5, 5.41) is 9.42. The molecule has 2 amide bonds. The summed E-state index contributed by atoms with van der Waals surface area (Å²) in [6.45, 7) is 2.50. The number of nitrogens with one attached hydrogen (secondary N) is 2. The van der Waals surface area contributed by atoms with Gasteiger partial charge in [-0.3, -0.25) is 14.7 Å². The van der Waals surface area contributed by atoms with Crippen LogP contribution in [0.1, 0.15) is 48.8 Å². The van der Waals surface area contributed by atoms with Gasteiger partial charge in [0, 0.05) is 13.0 Å². The fourth-order valence-corrected chi connectivity index (χ4v) is 1.71. The first kappa shape index (κ1) is 15.0. The Hall–Kier alpha value is -2.05. The van der Waals surface area contributed by atoms with Gasteiger partial charge in [-0.15, -0.1) is 0 Å². The minimum atomic E-state index is -0.327. The number of hydrogen-bond acceptors (Lipinski definition) is 4. The fraction of sp³-hybridized carbons (Fsp3) is 0.583. The number of anilines is 1. The number of carbonyl (C=O) groups excluding carboxylic acids is 2. The summed E-state index contributed by atoms with van der Waals surface area (Å²) in [6, 6.07) is 0. The normalized spacial score (nSPS) is 10.4. The van der Waals surface area contributed by atoms with Crippen molar-refractivity contribution in [1.29, 1.82) is 0 Å². The summed E-state index contributed by atoms with van der Waals surface area (Å²) in [5.74, 6) is -0.623. The Labute approximate surface area is 112 Å². The van der Waals surface area contributed by atoms with Gasteiger partial charge in [0.1, 0.15) is 0 Å². The molecule has 106 valence electrons. The SMILES string of the molecule is CCCc1[nH]nc(C(=O)NCCCCC(N)=O)c1N. The number of carbonyl (C=O) groups is 2. The topological polar surface area (TPSA) is 127 Å². The summed E-state index contributed by atoms with van der Waals surface area (Å²) in [4.78, 5) is 22.3. The second-order valence-electron chi connectivity index (χ2n) is 4.39. The van der Waals surface area contributed by atoms with E-state index in [0.717, 1.165) is 18.5 Å². The van der Waals surface area contributed by atoms with E-state index in [4.69, 9.17) is 11.5 Å². The van der Waals surface area contributed by atoms with E-state index in [-0.39, 0.29) is 17.5 Å². The maximum Gasteiger partial charge on any atom is 0.273 e. The van der Waals surface area contributed by atoms with Gasteiger partial charge in [-0.05, 0) is 19.3 Å². The molecule has 1 aromatic heterocycles. The molecule has 7 heteroatoms. The van der Waals surface area contributed by atoms with Crippen LogP contribution in [0.5, 0.6) is 0 Å². The molecule has 0 fully saturated rings. The van der Waals surface area contributed by atoms with Crippen LogP contribution >= 0.6 is 0 Å². The number of nitrogens with two attached hydrogens (primary N) is 2. The molecule has 7 nitrogen and oxygen atoms in total. The summed E-state index contributed by atoms with van der Waals surface area (Å²) in [6.07, 6.45) is 3.39. The molecule has 0 aliphatic rings. The summed E-state index contributed by atoms with van der Waals surface area (Å²) in [7, 11) is 0. The highest BCUT2D eigenvalue weighted by molar-refractivity contribution is 5.97. The largest absolute Gasteiger partial charge is 0.395 e. The molecular formula is C12H21N5O2. The zero-order valence-corrected chi connectivity index (χ0v) is 11.2. The van der Waals surface area contributed by atoms with Crippen molar-refractivity contribution in [2.24, 2.45) is 5.73 Å². The van der Waals surface area contributed by atoms with Gasteiger partial charge in [-0.1, -0.05) is 13.3 Å². The van der Waals surface area contributed by atoms with E-state index >= 15 is 0 Å². The van der Waals surface area contributed by atoms with Crippen molar-refractivity contribution in [2.75, 3.05) is 12.3 Å². The summed E-state index contributed by atoms with van der Waals surface area (Å²) < 4.78 is 0. The second-order valence-corrected chi connectivity index (χ2v) is 4.39. The van der Waals surface area contributed by atoms with Crippen LogP contribution in [0.4, 0.5) is 5.69 Å². The van der Waals surface area contributed by atoms with Crippen LogP contribution in [-0.4, -0.2) is 28.6 Å². The molecule has 1 heterocycles. The Morgan fingerprint density at radius 3 is 2.74 bits per heavy atom. The lowest BCUT2D eigenvalue weighted by Gasteiger charge is -2.03. The maximum atomic E-state index is 11.8. The maximum absolute atomic E-state index is 11.8. The van der Waals surface area contributed by atoms with Gasteiger partial charge in [0.25, 0.3) is 5.91 Å². The Kier molecular flexibility index (Phi) is 5.84. The number of H-pyrrole nitrogens is 1. The second kappa shape index (κ2) is 7.40. The number of aryl methyl sites for hydroxylation is 1. The molecule has 0 aliphatic heterocycles. The van der Waals surface area contributed by atoms with Crippen LogP contribution in [0.15, 0.2) is 0 Å². The highest BCUT2D eigenvalue weighted by Gasteiger charge is 2.16. The summed E-state index contributed by atoms with van der Waals surface area (Å²) in [5.41, 5.74) is 12.3. The highest BCUT2D eigenvalue weighted by atomic mass is 16.2. The van der Waals surface area contributed by atoms with E-state index in [2.05, 4.69) is 15.5 Å². The molecular weight excluding hydrogens is 246 g/mol. The van der Waals surface area contributed by atoms with Crippen LogP contribution in [0, 0.1) is 0 Å². The van der Waals surface area contributed by atoms with Crippen molar-refractivity contribution in [2.45, 2.75) is 39.0 Å². The monoisotopic (exact) mass is 267 g/mol. The molecule has 0 bridgehead atoms. The molecule has 19 heavy (non-hydrogen) atoms. The van der Waals surface area contributed by atoms with Gasteiger partial charge < -0.3 is 16.8 Å². The predicted molar refractivity (Wildman–Crippen MR) is 72.4 cm³/mol. The van der Waals surface area contributed by atoms with E-state index < -0.39 is 0 Å². The van der Waals surface area contributed by atoms with E-state index in [0.29, 0.717) is 31.5 Å². The first-order valence-corrected chi connectivity index (χ1v) is 6.45. The average Bonchev–Trinajstić information content (AvgIpc) is 2.71. The fourth-order valence-electron chi connectivity index (χ4n) is 1.71. The molecule has 1 aromatic rings. The Bertz CT molecular complexity index is 441. The van der Waals surface area contributed by atoms with Crippen LogP contribution in [0.3, 0.4) is 0 Å². The lowest BCUT2D eigenvalue weighted by Crippen LogP contribution is -2.26. The average molecular weight is 267 g/mol. The highest BCUT2D eigenvalue weighted by Crippen LogP contribution is 2.15. The molecule has 0 saturated carbocycles. The predicted octanol–water partition coefficient (Wildman–Crippen LogP) is 0.330. The van der Waals surface area contributed by atoms with Crippen LogP contribution in [0.2, 0.25) is 0 Å². The van der Waals surface area contributed by atoms with Crippen LogP contribution < -0.4 is 16.8 Å². The third-order valence-corrected chi connectivity index (χ3v) is 2.73. The quantitative estimate of drug-likeness (QED) is 0.506. The summed E-state index contributed by atoms with van der Waals surface area (Å²) >= 11 is 0. The first-order chi connectivity index (χ1) is 9.06. The molecule has 0 unspecified atom stereocenters. The van der Waals surface area contributed by atoms with Crippen molar-refractivity contribution in [1.82, 2.24) is 15.5 Å². The number of aromatic nitrogens is 2. The molecule has 0 saturated heterocycles. The van der Waals surface area contributed by atoms with Crippen molar-refractivity contribution in [3.05, 3.63) is 11.4 Å². The lowest BCUT2D eigenvalue weighted by atomic mass is 10.2. The Morgan fingerprint density at radius 1 is 1.37 bits per heavy atom. The molecule has 6 N–H and O–H groups in total. The van der Waals surface area contributed by atoms with Crippen LogP contribution in [0.25, 0.3) is 0 Å². The minimum absolute atomic E-state index is 0.235. The van der Waals surface area contributed by atoms with E-state index in [1.165, 1.54) is 0 Å². The number of primary amides is 1. The number of unbranched alkanes of at least 4 members (excludes halogenated alkanes) is 1. The molecule has 0 aromatic carbocycles. The van der Waals surface area contributed by atoms with Crippen molar-refractivity contribution in [3.8, 4) is 0 Å². The Morgan fingerprint density at radius 2 is 2.11 bits per heavy atom. The van der Waals surface area contributed by atoms with Crippen LogP contribution in [-0.2, 0) is 11.2 Å². The van der Waals surface area contributed by atoms with Gasteiger partial charge in [0.2, 0.25) is 5.91 Å². The number of hydrogen-bond donors (Lipinski definition) is 4. The molecule has 0 radical (unpaired) electrons. The number of amides is 2. The zero-order valence-electron chi connectivity index (χ0n) is 11.2. The Balaban J connectivity index is 2.39. The molecule has 1 rings (SSSR count). The number of aromatic amines is 1. The first-order valence-electron chi connectivity index (χ1n) is 6.45. The molecule has 0 atom stereocenters. The van der Waals surface area contributed by atoms with Gasteiger partial charge in [-0.2, -0.15) is 5.10 Å². The van der Waals surface area contributed by atoms with Crippen molar-refractivity contribution >= 4 is 17.5 Å². The minimum Gasteiger partial charge on any atom is -0.395 e. The van der Waals surface area contributed by atoms with Crippen molar-refractivity contribution < 1.29 is 9.59 Å². The number of rotatable bonds is 8. The third-order valence-electron chi connectivity index (χ3n) is 2.73. The molecule has 0 spiro atoms. The van der Waals surface area contributed by atoms with Gasteiger partial charge in [0.05, 0.1) is 11.4 Å². The van der Waals surface area contributed by atoms with E-state index in [1.807, 2.05) is 6.92 Å². The van der Waals surface area contributed by atoms with Crippen molar-refractivity contribution in [3.63, 3.8) is 0 Å². The van der Waals surface area contributed by atoms with E-state index in [9.17, 15) is 9.59 Å². The smallest absolute Gasteiger partial charge is 0.273 e. The third kappa shape index (κ3) is 4.61. The number of nitrogens with zero attached hydrogens (tertiary/aromatic N) is 1. The van der Waals surface area contributed by atoms with Gasteiger partial charge >= 0.3 is 0 Å².